The molecule has 1 amide bonds. The summed E-state index contributed by atoms with van der Waals surface area (Å²) in [6.07, 6.45) is 1.31. The number of halogens is 1. The van der Waals surface area contributed by atoms with Crippen molar-refractivity contribution in [2.75, 3.05) is 12.4 Å². The second kappa shape index (κ2) is 7.44. The molecule has 0 radical (unpaired) electrons. The molecule has 2 unspecified atom stereocenters. The van der Waals surface area contributed by atoms with Gasteiger partial charge in [-0.05, 0) is 31.4 Å². The van der Waals surface area contributed by atoms with Gasteiger partial charge in [-0.15, -0.1) is 0 Å². The van der Waals surface area contributed by atoms with Crippen molar-refractivity contribution in [3.63, 3.8) is 0 Å². The summed E-state index contributed by atoms with van der Waals surface area (Å²) in [5.74, 6) is -0.619. The summed E-state index contributed by atoms with van der Waals surface area (Å²) < 4.78 is 29.8. The Hall–Kier alpha value is -1.11. The first kappa shape index (κ1) is 17.2. The van der Waals surface area contributed by atoms with E-state index in [1.807, 2.05) is 6.07 Å². The maximum absolute atomic E-state index is 12.2. The molecule has 0 saturated carbocycles. The standard InChI is InChI=1S/C15H20ClNO4S/c1-11(22(19,20)10-13-6-4-8-21-13)15(18)17-9-12-5-2-3-7-14(12)16/h2-3,5,7,11,13H,4,6,8-10H2,1H3,(H,17,18). The van der Waals surface area contributed by atoms with Gasteiger partial charge in [-0.2, -0.15) is 0 Å². The number of amides is 1. The minimum absolute atomic E-state index is 0.103. The Kier molecular flexibility index (Phi) is 5.83. The van der Waals surface area contributed by atoms with E-state index in [1.165, 1.54) is 6.92 Å². The Labute approximate surface area is 135 Å². The second-order valence-corrected chi connectivity index (χ2v) is 8.19. The zero-order chi connectivity index (χ0) is 16.2. The fraction of sp³-hybridized carbons (Fsp3) is 0.533. The van der Waals surface area contributed by atoms with Crippen LogP contribution in [-0.4, -0.2) is 38.0 Å². The molecule has 22 heavy (non-hydrogen) atoms. The Bertz CT molecular complexity index is 626. The third-order valence-electron chi connectivity index (χ3n) is 3.76. The van der Waals surface area contributed by atoms with Crippen molar-refractivity contribution in [2.45, 2.75) is 37.7 Å². The lowest BCUT2D eigenvalue weighted by atomic mass is 10.2. The maximum atomic E-state index is 12.2. The lowest BCUT2D eigenvalue weighted by molar-refractivity contribution is -0.120. The van der Waals surface area contributed by atoms with E-state index in [0.29, 0.717) is 11.6 Å². The van der Waals surface area contributed by atoms with E-state index in [9.17, 15) is 13.2 Å². The first-order chi connectivity index (χ1) is 10.4. The van der Waals surface area contributed by atoms with Crippen molar-refractivity contribution < 1.29 is 17.9 Å². The Morgan fingerprint density at radius 1 is 1.45 bits per heavy atom. The zero-order valence-electron chi connectivity index (χ0n) is 12.4. The average Bonchev–Trinajstić information content (AvgIpc) is 2.97. The molecule has 122 valence electrons. The van der Waals surface area contributed by atoms with Gasteiger partial charge in [0.1, 0.15) is 5.25 Å². The van der Waals surface area contributed by atoms with Crippen molar-refractivity contribution >= 4 is 27.3 Å². The highest BCUT2D eigenvalue weighted by Crippen LogP contribution is 2.17. The maximum Gasteiger partial charge on any atom is 0.238 e. The number of rotatable bonds is 6. The van der Waals surface area contributed by atoms with Gasteiger partial charge in [-0.1, -0.05) is 29.8 Å². The molecule has 1 aromatic carbocycles. The molecule has 1 aliphatic heterocycles. The SMILES string of the molecule is CC(C(=O)NCc1ccccc1Cl)S(=O)(=O)CC1CCCO1. The fourth-order valence-corrected chi connectivity index (χ4v) is 3.99. The molecule has 0 spiro atoms. The van der Waals surface area contributed by atoms with Gasteiger partial charge in [0.15, 0.2) is 9.84 Å². The van der Waals surface area contributed by atoms with Crippen molar-refractivity contribution in [3.05, 3.63) is 34.9 Å². The first-order valence-corrected chi connectivity index (χ1v) is 9.34. The number of hydrogen-bond donors (Lipinski definition) is 1. The molecular weight excluding hydrogens is 326 g/mol. The topological polar surface area (TPSA) is 72.5 Å². The van der Waals surface area contributed by atoms with Gasteiger partial charge in [0.2, 0.25) is 5.91 Å². The van der Waals surface area contributed by atoms with Gasteiger partial charge in [-0.3, -0.25) is 4.79 Å². The van der Waals surface area contributed by atoms with Crippen molar-refractivity contribution in [1.29, 1.82) is 0 Å². The van der Waals surface area contributed by atoms with Crippen LogP contribution in [0.4, 0.5) is 0 Å². The Balaban J connectivity index is 1.92. The number of hydrogen-bond acceptors (Lipinski definition) is 4. The third-order valence-corrected chi connectivity index (χ3v) is 6.26. The lowest BCUT2D eigenvalue weighted by Crippen LogP contribution is -2.40. The van der Waals surface area contributed by atoms with Crippen LogP contribution in [0.2, 0.25) is 5.02 Å². The molecule has 2 atom stereocenters. The van der Waals surface area contributed by atoms with Gasteiger partial charge < -0.3 is 10.1 Å². The lowest BCUT2D eigenvalue weighted by Gasteiger charge is -2.16. The molecule has 2 rings (SSSR count). The van der Waals surface area contributed by atoms with Crippen LogP contribution in [0.25, 0.3) is 0 Å². The predicted molar refractivity (Wildman–Crippen MR) is 85.5 cm³/mol. The molecule has 1 aliphatic rings. The minimum atomic E-state index is -3.53. The summed E-state index contributed by atoms with van der Waals surface area (Å²) in [6.45, 7) is 2.21. The summed E-state index contributed by atoms with van der Waals surface area (Å²) in [5, 5.41) is 2.07. The average molecular weight is 346 g/mol. The summed E-state index contributed by atoms with van der Waals surface area (Å²) >= 11 is 6.00. The molecule has 5 nitrogen and oxygen atoms in total. The summed E-state index contributed by atoms with van der Waals surface area (Å²) in [4.78, 5) is 12.1. The molecule has 1 heterocycles. The van der Waals surface area contributed by atoms with Gasteiger partial charge in [0.05, 0.1) is 11.9 Å². The monoisotopic (exact) mass is 345 g/mol. The van der Waals surface area contributed by atoms with Crippen molar-refractivity contribution in [2.24, 2.45) is 0 Å². The van der Waals surface area contributed by atoms with Crippen LogP contribution in [0, 0.1) is 0 Å². The number of nitrogens with one attached hydrogen (secondary N) is 1. The van der Waals surface area contributed by atoms with Gasteiger partial charge >= 0.3 is 0 Å². The number of benzene rings is 1. The largest absolute Gasteiger partial charge is 0.377 e. The van der Waals surface area contributed by atoms with E-state index < -0.39 is 21.0 Å². The van der Waals surface area contributed by atoms with E-state index in [0.717, 1.165) is 18.4 Å². The van der Waals surface area contributed by atoms with Crippen molar-refractivity contribution in [3.8, 4) is 0 Å². The number of ether oxygens (including phenoxy) is 1. The van der Waals surface area contributed by atoms with Gasteiger partial charge in [-0.25, -0.2) is 8.42 Å². The van der Waals surface area contributed by atoms with E-state index in [2.05, 4.69) is 5.32 Å². The van der Waals surface area contributed by atoms with Crippen molar-refractivity contribution in [1.82, 2.24) is 5.32 Å². The minimum Gasteiger partial charge on any atom is -0.377 e. The quantitative estimate of drug-likeness (QED) is 0.855. The van der Waals surface area contributed by atoms with E-state index >= 15 is 0 Å². The Morgan fingerprint density at radius 2 is 2.18 bits per heavy atom. The van der Waals surface area contributed by atoms with Crippen LogP contribution in [0.3, 0.4) is 0 Å². The molecule has 1 N–H and O–H groups in total. The van der Waals surface area contributed by atoms with E-state index in [-0.39, 0.29) is 18.4 Å². The Morgan fingerprint density at radius 3 is 2.82 bits per heavy atom. The number of sulfone groups is 1. The summed E-state index contributed by atoms with van der Waals surface area (Å²) in [7, 11) is -3.53. The molecule has 1 saturated heterocycles. The zero-order valence-corrected chi connectivity index (χ0v) is 14.0. The molecule has 1 aromatic rings. The highest BCUT2D eigenvalue weighted by Gasteiger charge is 2.32. The van der Waals surface area contributed by atoms with E-state index in [4.69, 9.17) is 16.3 Å². The highest BCUT2D eigenvalue weighted by atomic mass is 35.5. The van der Waals surface area contributed by atoms with Gasteiger partial charge in [0.25, 0.3) is 0 Å². The summed E-state index contributed by atoms with van der Waals surface area (Å²) in [5.41, 5.74) is 0.751. The molecular formula is C15H20ClNO4S. The van der Waals surface area contributed by atoms with Gasteiger partial charge in [0, 0.05) is 18.2 Å². The molecule has 0 aliphatic carbocycles. The van der Waals surface area contributed by atoms with Crippen LogP contribution in [-0.2, 0) is 25.9 Å². The predicted octanol–water partition coefficient (Wildman–Crippen LogP) is 1.94. The number of carbonyl (C=O) groups is 1. The molecule has 7 heteroatoms. The van der Waals surface area contributed by atoms with Crippen LogP contribution in [0.5, 0.6) is 0 Å². The van der Waals surface area contributed by atoms with Crippen LogP contribution < -0.4 is 5.32 Å². The molecule has 1 fully saturated rings. The van der Waals surface area contributed by atoms with Crippen LogP contribution >= 0.6 is 11.6 Å². The smallest absolute Gasteiger partial charge is 0.238 e. The highest BCUT2D eigenvalue weighted by molar-refractivity contribution is 7.92. The third kappa shape index (κ3) is 4.44. The van der Waals surface area contributed by atoms with Crippen LogP contribution in [0.15, 0.2) is 24.3 Å². The van der Waals surface area contributed by atoms with Crippen LogP contribution in [0.1, 0.15) is 25.3 Å². The first-order valence-electron chi connectivity index (χ1n) is 7.24. The fourth-order valence-electron chi connectivity index (χ4n) is 2.31. The molecule has 0 bridgehead atoms. The van der Waals surface area contributed by atoms with E-state index in [1.54, 1.807) is 18.2 Å². The second-order valence-electron chi connectivity index (χ2n) is 5.42. The molecule has 0 aromatic heterocycles. The summed E-state index contributed by atoms with van der Waals surface area (Å²) in [6, 6.07) is 7.11. The number of carbonyl (C=O) groups excluding carboxylic acids is 1. The normalized spacial score (nSPS) is 19.8.